The number of amides is 1. The van der Waals surface area contributed by atoms with Gasteiger partial charge in [0.25, 0.3) is 5.91 Å². The van der Waals surface area contributed by atoms with Crippen LogP contribution in [0.15, 0.2) is 46.3 Å². The first-order valence-electron chi connectivity index (χ1n) is 10.1. The molecule has 0 N–H and O–H groups in total. The summed E-state index contributed by atoms with van der Waals surface area (Å²) in [5.41, 5.74) is 1.52. The molecule has 10 heteroatoms. The molecule has 0 unspecified atom stereocenters. The van der Waals surface area contributed by atoms with Crippen LogP contribution >= 0.6 is 35.1 Å². The number of aryl methyl sites for hydroxylation is 1. The van der Waals surface area contributed by atoms with E-state index in [0.717, 1.165) is 33.6 Å². The number of alkyl halides is 3. The zero-order valence-corrected chi connectivity index (χ0v) is 20.1. The number of carbonyl (C=O) groups excluding carboxylic acids is 1. The maximum absolute atomic E-state index is 13.5. The number of aliphatic imine (C=N–C) groups is 1. The molecular weight excluding hydrogens is 491 g/mol. The van der Waals surface area contributed by atoms with Gasteiger partial charge in [-0.15, -0.1) is 0 Å². The molecule has 172 valence electrons. The summed E-state index contributed by atoms with van der Waals surface area (Å²) < 4.78 is 42.8. The molecular formula is C23H19ClF3N3OS2. The van der Waals surface area contributed by atoms with E-state index in [1.807, 2.05) is 18.2 Å². The van der Waals surface area contributed by atoms with Gasteiger partial charge < -0.3 is 0 Å². The smallest absolute Gasteiger partial charge is 0.266 e. The van der Waals surface area contributed by atoms with Gasteiger partial charge in [0.2, 0.25) is 0 Å². The molecule has 0 bridgehead atoms. The highest BCUT2D eigenvalue weighted by Gasteiger charge is 2.33. The van der Waals surface area contributed by atoms with Gasteiger partial charge in [0.1, 0.15) is 4.38 Å². The predicted molar refractivity (Wildman–Crippen MR) is 131 cm³/mol. The van der Waals surface area contributed by atoms with E-state index < -0.39 is 11.7 Å². The first-order valence-corrected chi connectivity index (χ1v) is 12.3. The molecule has 0 fully saturated rings. The quantitative estimate of drug-likeness (QED) is 0.342. The Balaban J connectivity index is 1.63. The molecule has 0 radical (unpaired) electrons. The standard InChI is InChI=1S/C23H19ClF3N3OS2/c1-3-8-32-22-28-21(31)20(33-22)10-14-4-7-19-17(9-14)13(2)29-30(19)12-15-5-6-16(24)11-18(15)23(25,26)27/h4-7,9-11H,3,8,12H2,1-2H3/b20-10-. The summed E-state index contributed by atoms with van der Waals surface area (Å²) in [5, 5.41) is 5.30. The van der Waals surface area contributed by atoms with Gasteiger partial charge in [0.15, 0.2) is 0 Å². The Hall–Kier alpha value is -2.23. The van der Waals surface area contributed by atoms with E-state index in [4.69, 9.17) is 11.6 Å². The number of fused-ring (bicyclic) bond motifs is 1. The summed E-state index contributed by atoms with van der Waals surface area (Å²) in [6, 6.07) is 9.28. The summed E-state index contributed by atoms with van der Waals surface area (Å²) in [6.07, 6.45) is -1.73. The lowest BCUT2D eigenvalue weighted by Gasteiger charge is -2.14. The van der Waals surface area contributed by atoms with E-state index in [2.05, 4.69) is 17.0 Å². The fourth-order valence-corrected chi connectivity index (χ4v) is 5.57. The molecule has 0 spiro atoms. The molecule has 0 saturated heterocycles. The van der Waals surface area contributed by atoms with Crippen molar-refractivity contribution in [1.29, 1.82) is 0 Å². The summed E-state index contributed by atoms with van der Waals surface area (Å²) in [7, 11) is 0. The number of rotatable bonds is 5. The highest BCUT2D eigenvalue weighted by molar-refractivity contribution is 8.41. The van der Waals surface area contributed by atoms with E-state index in [1.54, 1.807) is 29.4 Å². The van der Waals surface area contributed by atoms with Gasteiger partial charge in [-0.25, -0.2) is 0 Å². The Labute approximate surface area is 202 Å². The van der Waals surface area contributed by atoms with Crippen molar-refractivity contribution in [2.24, 2.45) is 4.99 Å². The van der Waals surface area contributed by atoms with Gasteiger partial charge >= 0.3 is 6.18 Å². The third-order valence-electron chi connectivity index (χ3n) is 4.98. The Kier molecular flexibility index (Phi) is 6.93. The summed E-state index contributed by atoms with van der Waals surface area (Å²) in [5.74, 6) is 0.647. The molecule has 1 aliphatic rings. The minimum atomic E-state index is -4.51. The molecule has 4 rings (SSSR count). The van der Waals surface area contributed by atoms with Crippen molar-refractivity contribution in [1.82, 2.24) is 9.78 Å². The van der Waals surface area contributed by atoms with E-state index in [9.17, 15) is 18.0 Å². The van der Waals surface area contributed by atoms with Crippen LogP contribution in [0.4, 0.5) is 13.2 Å². The third kappa shape index (κ3) is 5.31. The molecule has 1 aliphatic heterocycles. The fraction of sp³-hybridized carbons (Fsp3) is 0.261. The first-order chi connectivity index (χ1) is 15.7. The topological polar surface area (TPSA) is 47.2 Å². The zero-order valence-electron chi connectivity index (χ0n) is 17.7. The minimum Gasteiger partial charge on any atom is -0.266 e. The number of hydrogen-bond acceptors (Lipinski definition) is 4. The van der Waals surface area contributed by atoms with Crippen molar-refractivity contribution < 1.29 is 18.0 Å². The summed E-state index contributed by atoms with van der Waals surface area (Å²) >= 11 is 8.72. The van der Waals surface area contributed by atoms with Crippen molar-refractivity contribution in [3.05, 3.63) is 68.7 Å². The Bertz CT molecular complexity index is 1300. The second-order valence-corrected chi connectivity index (χ2v) is 10.3. The molecule has 0 atom stereocenters. The highest BCUT2D eigenvalue weighted by atomic mass is 35.5. The lowest BCUT2D eigenvalue weighted by molar-refractivity contribution is -0.138. The van der Waals surface area contributed by atoms with Crippen LogP contribution in [0.25, 0.3) is 17.0 Å². The van der Waals surface area contributed by atoms with Gasteiger partial charge in [-0.3, -0.25) is 9.48 Å². The van der Waals surface area contributed by atoms with Crippen LogP contribution in [-0.2, 0) is 17.5 Å². The van der Waals surface area contributed by atoms with Gasteiger partial charge in [-0.05, 0) is 60.6 Å². The van der Waals surface area contributed by atoms with Crippen molar-refractivity contribution in [3.8, 4) is 0 Å². The number of nitrogens with zero attached hydrogens (tertiary/aromatic N) is 3. The van der Waals surface area contributed by atoms with Crippen molar-refractivity contribution >= 4 is 62.4 Å². The SMILES string of the molecule is CCCSC1=NC(=O)/C(=C/c2ccc3c(c2)c(C)nn3Cc2ccc(Cl)cc2C(F)(F)F)S1. The van der Waals surface area contributed by atoms with Crippen LogP contribution in [0.5, 0.6) is 0 Å². The maximum Gasteiger partial charge on any atom is 0.416 e. The fourth-order valence-electron chi connectivity index (χ4n) is 3.47. The van der Waals surface area contributed by atoms with Gasteiger partial charge in [0, 0.05) is 10.4 Å². The molecule has 1 aromatic heterocycles. The number of hydrogen-bond donors (Lipinski definition) is 0. The summed E-state index contributed by atoms with van der Waals surface area (Å²) in [6.45, 7) is 3.83. The predicted octanol–water partition coefficient (Wildman–Crippen LogP) is 7.18. The molecule has 3 aromatic rings. The third-order valence-corrected chi connectivity index (χ3v) is 7.55. The van der Waals surface area contributed by atoms with Crippen molar-refractivity contribution in [2.75, 3.05) is 5.75 Å². The Morgan fingerprint density at radius 2 is 2.00 bits per heavy atom. The number of carbonyl (C=O) groups is 1. The lowest BCUT2D eigenvalue weighted by atomic mass is 10.1. The molecule has 2 heterocycles. The Morgan fingerprint density at radius 3 is 2.73 bits per heavy atom. The second kappa shape index (κ2) is 9.56. The number of benzene rings is 2. The molecule has 33 heavy (non-hydrogen) atoms. The van der Waals surface area contributed by atoms with Crippen LogP contribution in [0.2, 0.25) is 5.02 Å². The maximum atomic E-state index is 13.5. The number of thioether (sulfide) groups is 2. The largest absolute Gasteiger partial charge is 0.416 e. The van der Waals surface area contributed by atoms with Crippen molar-refractivity contribution in [2.45, 2.75) is 33.0 Å². The van der Waals surface area contributed by atoms with E-state index in [-0.39, 0.29) is 23.0 Å². The number of halogens is 4. The van der Waals surface area contributed by atoms with Gasteiger partial charge in [0.05, 0.1) is 28.2 Å². The minimum absolute atomic E-state index is 0.0322. The second-order valence-electron chi connectivity index (χ2n) is 7.46. The highest BCUT2D eigenvalue weighted by Crippen LogP contribution is 2.36. The normalized spacial score (nSPS) is 15.6. The van der Waals surface area contributed by atoms with Gasteiger partial charge in [-0.1, -0.05) is 54.2 Å². The van der Waals surface area contributed by atoms with Gasteiger partial charge in [-0.2, -0.15) is 23.3 Å². The lowest BCUT2D eigenvalue weighted by Crippen LogP contribution is -2.12. The first kappa shape index (κ1) is 23.9. The summed E-state index contributed by atoms with van der Waals surface area (Å²) in [4.78, 5) is 16.9. The Morgan fingerprint density at radius 1 is 1.21 bits per heavy atom. The average Bonchev–Trinajstić information content (AvgIpc) is 3.26. The number of aromatic nitrogens is 2. The average molecular weight is 510 g/mol. The molecule has 1 amide bonds. The van der Waals surface area contributed by atoms with E-state index in [1.165, 1.54) is 23.9 Å². The van der Waals surface area contributed by atoms with E-state index >= 15 is 0 Å². The van der Waals surface area contributed by atoms with Crippen molar-refractivity contribution in [3.63, 3.8) is 0 Å². The van der Waals surface area contributed by atoms with Crippen LogP contribution in [0, 0.1) is 6.92 Å². The zero-order chi connectivity index (χ0) is 23.8. The van der Waals surface area contributed by atoms with Crippen LogP contribution in [-0.4, -0.2) is 25.8 Å². The molecule has 2 aromatic carbocycles. The molecule has 0 aliphatic carbocycles. The van der Waals surface area contributed by atoms with Crippen LogP contribution in [0.1, 0.15) is 35.7 Å². The monoisotopic (exact) mass is 509 g/mol. The van der Waals surface area contributed by atoms with Crippen LogP contribution < -0.4 is 0 Å². The van der Waals surface area contributed by atoms with Crippen LogP contribution in [0.3, 0.4) is 0 Å². The molecule has 0 saturated carbocycles. The molecule has 4 nitrogen and oxygen atoms in total. The van der Waals surface area contributed by atoms with E-state index in [0.29, 0.717) is 16.1 Å².